The smallest absolute Gasteiger partial charge is 0.245 e. The van der Waals surface area contributed by atoms with E-state index in [0.29, 0.717) is 36.5 Å². The van der Waals surface area contributed by atoms with Gasteiger partial charge in [0.25, 0.3) is 0 Å². The molecule has 1 aliphatic heterocycles. The molecular formula is C23H24ClN3O3S. The minimum Gasteiger partial charge on any atom is -0.497 e. The molecule has 0 spiro atoms. The van der Waals surface area contributed by atoms with Gasteiger partial charge in [0.05, 0.1) is 36.7 Å². The van der Waals surface area contributed by atoms with Gasteiger partial charge < -0.3 is 19.3 Å². The normalized spacial score (nSPS) is 14.9. The van der Waals surface area contributed by atoms with Crippen LogP contribution in [-0.4, -0.2) is 55.2 Å². The van der Waals surface area contributed by atoms with E-state index in [1.165, 1.54) is 11.3 Å². The summed E-state index contributed by atoms with van der Waals surface area (Å²) in [5.41, 5.74) is 2.58. The Morgan fingerprint density at radius 1 is 1.19 bits per heavy atom. The molecule has 8 heteroatoms. The Morgan fingerprint density at radius 3 is 2.58 bits per heavy atom. The van der Waals surface area contributed by atoms with Gasteiger partial charge >= 0.3 is 0 Å². The molecule has 1 fully saturated rings. The second-order valence-corrected chi connectivity index (χ2v) is 8.42. The lowest BCUT2D eigenvalue weighted by molar-refractivity contribution is -0.136. The lowest BCUT2D eigenvalue weighted by atomic mass is 10.1. The molecule has 1 aromatic heterocycles. The summed E-state index contributed by atoms with van der Waals surface area (Å²) in [6.07, 6.45) is 0. The van der Waals surface area contributed by atoms with Crippen LogP contribution in [0.2, 0.25) is 5.02 Å². The van der Waals surface area contributed by atoms with Gasteiger partial charge in [0.2, 0.25) is 5.91 Å². The van der Waals surface area contributed by atoms with E-state index in [9.17, 15) is 4.79 Å². The van der Waals surface area contributed by atoms with Crippen LogP contribution in [-0.2, 0) is 9.53 Å². The maximum Gasteiger partial charge on any atom is 0.245 e. The Morgan fingerprint density at radius 2 is 1.90 bits per heavy atom. The molecule has 0 aliphatic carbocycles. The summed E-state index contributed by atoms with van der Waals surface area (Å²) in [6, 6.07) is 14.8. The quantitative estimate of drug-likeness (QED) is 0.529. The van der Waals surface area contributed by atoms with E-state index in [1.807, 2.05) is 70.6 Å². The molecule has 0 saturated carbocycles. The molecule has 162 valence electrons. The lowest BCUT2D eigenvalue weighted by Crippen LogP contribution is -2.49. The first kappa shape index (κ1) is 21.6. The predicted molar refractivity (Wildman–Crippen MR) is 125 cm³/mol. The number of para-hydroxylation sites is 1. The monoisotopic (exact) mass is 457 g/mol. The van der Waals surface area contributed by atoms with Gasteiger partial charge in [-0.05, 0) is 43.3 Å². The number of amides is 1. The maximum absolute atomic E-state index is 13.3. The van der Waals surface area contributed by atoms with Crippen molar-refractivity contribution in [1.82, 2.24) is 9.88 Å². The first-order valence-electron chi connectivity index (χ1n) is 10.1. The molecular weight excluding hydrogens is 434 g/mol. The second kappa shape index (κ2) is 9.68. The summed E-state index contributed by atoms with van der Waals surface area (Å²) >= 11 is 8.02. The predicted octanol–water partition coefficient (Wildman–Crippen LogP) is 4.86. The fourth-order valence-electron chi connectivity index (χ4n) is 3.55. The van der Waals surface area contributed by atoms with Gasteiger partial charge in [-0.1, -0.05) is 23.7 Å². The van der Waals surface area contributed by atoms with Crippen LogP contribution in [0.5, 0.6) is 5.75 Å². The number of carbonyl (C=O) groups excluding carboxylic acids is 1. The molecule has 0 N–H and O–H groups in total. The van der Waals surface area contributed by atoms with E-state index in [4.69, 9.17) is 26.1 Å². The third-order valence-electron chi connectivity index (χ3n) is 5.26. The number of thiazole rings is 1. The number of hydrogen-bond donors (Lipinski definition) is 0. The first-order chi connectivity index (χ1) is 15.1. The van der Waals surface area contributed by atoms with Gasteiger partial charge in [0.15, 0.2) is 5.13 Å². The topological polar surface area (TPSA) is 54.9 Å². The number of anilines is 2. The van der Waals surface area contributed by atoms with Crippen LogP contribution in [0.3, 0.4) is 0 Å². The van der Waals surface area contributed by atoms with Crippen LogP contribution < -0.4 is 9.64 Å². The van der Waals surface area contributed by atoms with E-state index in [0.717, 1.165) is 22.7 Å². The molecule has 0 bridgehead atoms. The van der Waals surface area contributed by atoms with E-state index in [-0.39, 0.29) is 5.91 Å². The van der Waals surface area contributed by atoms with Crippen LogP contribution in [0.4, 0.5) is 10.8 Å². The van der Waals surface area contributed by atoms with Crippen LogP contribution in [0, 0.1) is 0 Å². The SMILES string of the molecule is COc1ccc(-c2csc(N(c3ccccc3Cl)[C@H](C)C(=O)N3CCOCC3)n2)cc1. The third-order valence-corrected chi connectivity index (χ3v) is 6.42. The largest absolute Gasteiger partial charge is 0.497 e. The Labute approximate surface area is 191 Å². The Hall–Kier alpha value is -2.61. The first-order valence-corrected chi connectivity index (χ1v) is 11.3. The molecule has 6 nitrogen and oxygen atoms in total. The molecule has 31 heavy (non-hydrogen) atoms. The maximum atomic E-state index is 13.3. The third kappa shape index (κ3) is 4.69. The summed E-state index contributed by atoms with van der Waals surface area (Å²) in [7, 11) is 1.64. The van der Waals surface area contributed by atoms with Crippen LogP contribution in [0.25, 0.3) is 11.3 Å². The molecule has 3 aromatic rings. The number of ether oxygens (including phenoxy) is 2. The number of aromatic nitrogens is 1. The highest BCUT2D eigenvalue weighted by atomic mass is 35.5. The molecule has 1 atom stereocenters. The molecule has 2 heterocycles. The van der Waals surface area contributed by atoms with Crippen LogP contribution in [0.15, 0.2) is 53.9 Å². The van der Waals surface area contributed by atoms with Crippen molar-refractivity contribution in [2.75, 3.05) is 38.3 Å². The van der Waals surface area contributed by atoms with Crippen molar-refractivity contribution in [2.45, 2.75) is 13.0 Å². The van der Waals surface area contributed by atoms with E-state index < -0.39 is 6.04 Å². The average molecular weight is 458 g/mol. The number of morpholine rings is 1. The van der Waals surface area contributed by atoms with Crippen LogP contribution in [0.1, 0.15) is 6.92 Å². The summed E-state index contributed by atoms with van der Waals surface area (Å²) in [5, 5.41) is 3.28. The molecule has 1 saturated heterocycles. The van der Waals surface area contributed by atoms with Crippen molar-refractivity contribution in [3.8, 4) is 17.0 Å². The molecule has 2 aromatic carbocycles. The highest BCUT2D eigenvalue weighted by molar-refractivity contribution is 7.14. The zero-order valence-electron chi connectivity index (χ0n) is 17.5. The number of benzene rings is 2. The highest BCUT2D eigenvalue weighted by Crippen LogP contribution is 2.37. The fourth-order valence-corrected chi connectivity index (χ4v) is 4.71. The van der Waals surface area contributed by atoms with Gasteiger partial charge in [-0.2, -0.15) is 0 Å². The Balaban J connectivity index is 1.68. The van der Waals surface area contributed by atoms with Gasteiger partial charge in [-0.25, -0.2) is 4.98 Å². The number of rotatable bonds is 6. The van der Waals surface area contributed by atoms with Crippen molar-refractivity contribution in [1.29, 1.82) is 0 Å². The molecule has 1 aliphatic rings. The van der Waals surface area contributed by atoms with E-state index in [2.05, 4.69) is 0 Å². The van der Waals surface area contributed by atoms with Crippen LogP contribution >= 0.6 is 22.9 Å². The van der Waals surface area contributed by atoms with E-state index in [1.54, 1.807) is 7.11 Å². The molecule has 4 rings (SSSR count). The minimum atomic E-state index is -0.465. The highest BCUT2D eigenvalue weighted by Gasteiger charge is 2.31. The second-order valence-electron chi connectivity index (χ2n) is 7.18. The number of methoxy groups -OCH3 is 1. The number of nitrogens with zero attached hydrogens (tertiary/aromatic N) is 3. The van der Waals surface area contributed by atoms with Crippen molar-refractivity contribution in [3.63, 3.8) is 0 Å². The Bertz CT molecular complexity index is 1030. The molecule has 0 unspecified atom stereocenters. The van der Waals surface area contributed by atoms with Crippen molar-refractivity contribution in [3.05, 3.63) is 58.9 Å². The van der Waals surface area contributed by atoms with Crippen molar-refractivity contribution >= 4 is 39.7 Å². The van der Waals surface area contributed by atoms with Gasteiger partial charge in [0.1, 0.15) is 11.8 Å². The standard InChI is InChI=1S/C23H24ClN3O3S/c1-16(22(28)26-11-13-30-14-12-26)27(21-6-4-3-5-19(21)24)23-25-20(15-31-23)17-7-9-18(29-2)10-8-17/h3-10,15-16H,11-14H2,1-2H3/t16-/m1/s1. The number of carbonyl (C=O) groups is 1. The van der Waals surface area contributed by atoms with Crippen molar-refractivity contribution in [2.24, 2.45) is 0 Å². The summed E-state index contributed by atoms with van der Waals surface area (Å²) in [4.78, 5) is 21.9. The lowest BCUT2D eigenvalue weighted by Gasteiger charge is -2.34. The Kier molecular flexibility index (Phi) is 6.75. The summed E-state index contributed by atoms with van der Waals surface area (Å²) < 4.78 is 10.6. The minimum absolute atomic E-state index is 0.0319. The molecule has 1 amide bonds. The zero-order chi connectivity index (χ0) is 21.8. The van der Waals surface area contributed by atoms with Crippen molar-refractivity contribution < 1.29 is 14.3 Å². The zero-order valence-corrected chi connectivity index (χ0v) is 19.0. The van der Waals surface area contributed by atoms with Gasteiger partial charge in [0, 0.05) is 24.0 Å². The molecule has 0 radical (unpaired) electrons. The summed E-state index contributed by atoms with van der Waals surface area (Å²) in [6.45, 7) is 4.20. The number of halogens is 1. The summed E-state index contributed by atoms with van der Waals surface area (Å²) in [5.74, 6) is 0.825. The fraction of sp³-hybridized carbons (Fsp3) is 0.304. The van der Waals surface area contributed by atoms with E-state index >= 15 is 0 Å². The number of hydrogen-bond acceptors (Lipinski definition) is 6. The van der Waals surface area contributed by atoms with Gasteiger partial charge in [-0.15, -0.1) is 11.3 Å². The van der Waals surface area contributed by atoms with Gasteiger partial charge in [-0.3, -0.25) is 4.79 Å². The average Bonchev–Trinajstić information content (AvgIpc) is 3.30.